The van der Waals surface area contributed by atoms with Crippen LogP contribution in [0.2, 0.25) is 0 Å². The first-order chi connectivity index (χ1) is 15.0. The second kappa shape index (κ2) is 8.70. The number of nitrogens with one attached hydrogen (secondary N) is 1. The molecular formula is C25H25N3O3. The fraction of sp³-hybridized carbons (Fsp3) is 0.240. The Kier molecular flexibility index (Phi) is 5.82. The van der Waals surface area contributed by atoms with Gasteiger partial charge in [-0.2, -0.15) is 0 Å². The van der Waals surface area contributed by atoms with Gasteiger partial charge < -0.3 is 15.0 Å². The number of aromatic nitrogens is 1. The lowest BCUT2D eigenvalue weighted by atomic mass is 9.98. The maximum atomic E-state index is 12.7. The number of unbranched alkanes of at least 4 members (excludes halogenated alkanes) is 1. The molecule has 4 rings (SSSR count). The van der Waals surface area contributed by atoms with Crippen LogP contribution in [-0.2, 0) is 0 Å². The Labute approximate surface area is 181 Å². The Morgan fingerprint density at radius 3 is 2.48 bits per heavy atom. The van der Waals surface area contributed by atoms with E-state index in [2.05, 4.69) is 14.9 Å². The van der Waals surface area contributed by atoms with Gasteiger partial charge in [-0.05, 0) is 45.1 Å². The molecule has 1 amide bonds. The fourth-order valence-corrected chi connectivity index (χ4v) is 3.87. The van der Waals surface area contributed by atoms with Crippen LogP contribution in [0.25, 0.3) is 11.3 Å². The number of rotatable bonds is 8. The van der Waals surface area contributed by atoms with E-state index in [0.29, 0.717) is 40.1 Å². The first kappa shape index (κ1) is 20.8. The summed E-state index contributed by atoms with van der Waals surface area (Å²) in [5.41, 5.74) is 3.72. The van der Waals surface area contributed by atoms with Gasteiger partial charge in [0.2, 0.25) is 0 Å². The Morgan fingerprint density at radius 1 is 1.00 bits per heavy atom. The van der Waals surface area contributed by atoms with Crippen molar-refractivity contribution < 1.29 is 14.7 Å². The summed E-state index contributed by atoms with van der Waals surface area (Å²) >= 11 is 0. The molecule has 0 spiro atoms. The number of aromatic amines is 1. The van der Waals surface area contributed by atoms with Crippen molar-refractivity contribution in [2.24, 2.45) is 4.99 Å². The number of amides is 1. The molecular weight excluding hydrogens is 390 g/mol. The van der Waals surface area contributed by atoms with Gasteiger partial charge in [-0.25, -0.2) is 4.99 Å². The van der Waals surface area contributed by atoms with Gasteiger partial charge in [-0.1, -0.05) is 48.5 Å². The second-order valence-electron chi connectivity index (χ2n) is 7.99. The van der Waals surface area contributed by atoms with E-state index in [-0.39, 0.29) is 11.7 Å². The highest BCUT2D eigenvalue weighted by atomic mass is 16.3. The molecule has 0 bridgehead atoms. The van der Waals surface area contributed by atoms with Crippen molar-refractivity contribution in [3.05, 3.63) is 76.9 Å². The van der Waals surface area contributed by atoms with Crippen LogP contribution < -0.4 is 0 Å². The Balaban J connectivity index is 1.61. The number of Topliss-reactive ketones (excluding diaryl/α,β-unsaturated/α-hetero) is 1. The molecule has 0 unspecified atom stereocenters. The molecule has 0 fully saturated rings. The van der Waals surface area contributed by atoms with Crippen LogP contribution in [0.3, 0.4) is 0 Å². The monoisotopic (exact) mass is 415 g/mol. The summed E-state index contributed by atoms with van der Waals surface area (Å²) < 4.78 is 0. The molecule has 6 heteroatoms. The molecule has 2 aromatic carbocycles. The van der Waals surface area contributed by atoms with Gasteiger partial charge in [0.05, 0.1) is 22.5 Å². The molecule has 6 nitrogen and oxygen atoms in total. The van der Waals surface area contributed by atoms with Crippen molar-refractivity contribution in [1.29, 1.82) is 0 Å². The zero-order valence-electron chi connectivity index (χ0n) is 17.7. The van der Waals surface area contributed by atoms with Crippen molar-refractivity contribution in [2.45, 2.75) is 19.3 Å². The van der Waals surface area contributed by atoms with Crippen LogP contribution in [0, 0.1) is 0 Å². The minimum Gasteiger partial charge on any atom is -0.494 e. The third-order valence-corrected chi connectivity index (χ3v) is 5.42. The average Bonchev–Trinajstić information content (AvgIpc) is 3.30. The van der Waals surface area contributed by atoms with Crippen molar-refractivity contribution in [3.63, 3.8) is 0 Å². The van der Waals surface area contributed by atoms with Gasteiger partial charge in [-0.3, -0.25) is 9.59 Å². The number of nitrogens with zero attached hydrogens (tertiary/aromatic N) is 2. The minimum atomic E-state index is -0.402. The van der Waals surface area contributed by atoms with Gasteiger partial charge in [0.15, 0.2) is 11.7 Å². The second-order valence-corrected chi connectivity index (χ2v) is 7.99. The van der Waals surface area contributed by atoms with Crippen LogP contribution >= 0.6 is 0 Å². The molecule has 1 aliphatic rings. The van der Waals surface area contributed by atoms with Crippen LogP contribution in [0.1, 0.15) is 51.1 Å². The van der Waals surface area contributed by atoms with Gasteiger partial charge in [-0.15, -0.1) is 0 Å². The minimum absolute atomic E-state index is 0.0700. The molecule has 2 N–H and O–H groups in total. The van der Waals surface area contributed by atoms with Gasteiger partial charge in [0, 0.05) is 17.5 Å². The molecule has 0 saturated heterocycles. The molecule has 0 saturated carbocycles. The normalized spacial score (nSPS) is 12.9. The zero-order valence-corrected chi connectivity index (χ0v) is 17.7. The van der Waals surface area contributed by atoms with E-state index in [4.69, 9.17) is 0 Å². The van der Waals surface area contributed by atoms with Crippen molar-refractivity contribution >= 4 is 17.4 Å². The molecule has 3 aromatic rings. The maximum absolute atomic E-state index is 12.7. The zero-order chi connectivity index (χ0) is 22.0. The number of H-pyrrole nitrogens is 1. The van der Waals surface area contributed by atoms with Gasteiger partial charge >= 0.3 is 0 Å². The van der Waals surface area contributed by atoms with E-state index in [1.165, 1.54) is 0 Å². The van der Waals surface area contributed by atoms with E-state index in [1.54, 1.807) is 18.2 Å². The van der Waals surface area contributed by atoms with Crippen molar-refractivity contribution in [2.75, 3.05) is 20.6 Å². The van der Waals surface area contributed by atoms with Crippen molar-refractivity contribution in [1.82, 2.24) is 9.88 Å². The number of ketones is 1. The number of aromatic hydroxyl groups is 1. The molecule has 1 aromatic heterocycles. The summed E-state index contributed by atoms with van der Waals surface area (Å²) in [4.78, 5) is 34.6. The lowest BCUT2D eigenvalue weighted by Gasteiger charge is -2.09. The Bertz CT molecular complexity index is 1160. The summed E-state index contributed by atoms with van der Waals surface area (Å²) in [6.07, 6.45) is 2.27. The molecule has 0 atom stereocenters. The van der Waals surface area contributed by atoms with E-state index in [0.717, 1.165) is 24.9 Å². The molecule has 2 heterocycles. The van der Waals surface area contributed by atoms with Crippen molar-refractivity contribution in [3.8, 4) is 17.1 Å². The largest absolute Gasteiger partial charge is 0.494 e. The first-order valence-electron chi connectivity index (χ1n) is 10.4. The van der Waals surface area contributed by atoms with Crippen LogP contribution in [0.4, 0.5) is 0 Å². The number of benzene rings is 2. The first-order valence-corrected chi connectivity index (χ1v) is 10.4. The third-order valence-electron chi connectivity index (χ3n) is 5.42. The molecule has 1 aliphatic heterocycles. The number of hydrogen-bond donors (Lipinski definition) is 2. The average molecular weight is 415 g/mol. The standard InChI is InChI=1S/C25H25N3O3/c1-28(2)14-7-6-13-19(29)17-11-8-12-18(15-17)23-21-20(24(30)27-23)22(26-25(21)31)16-9-4-3-5-10-16/h3-5,8-12,15,27,30H,6-7,13-14H2,1-2H3. The third kappa shape index (κ3) is 4.20. The van der Waals surface area contributed by atoms with Gasteiger partial charge in [0.25, 0.3) is 5.91 Å². The highest BCUT2D eigenvalue weighted by Crippen LogP contribution is 2.38. The predicted octanol–water partition coefficient (Wildman–Crippen LogP) is 4.29. The molecule has 31 heavy (non-hydrogen) atoms. The summed E-state index contributed by atoms with van der Waals surface area (Å²) in [7, 11) is 4.04. The summed E-state index contributed by atoms with van der Waals surface area (Å²) in [5, 5.41) is 10.6. The Morgan fingerprint density at radius 2 is 1.74 bits per heavy atom. The van der Waals surface area contributed by atoms with E-state index in [1.807, 2.05) is 50.5 Å². The highest BCUT2D eigenvalue weighted by molar-refractivity contribution is 6.30. The fourth-order valence-electron chi connectivity index (χ4n) is 3.87. The molecule has 158 valence electrons. The van der Waals surface area contributed by atoms with E-state index < -0.39 is 5.91 Å². The molecule has 0 aliphatic carbocycles. The topological polar surface area (TPSA) is 85.8 Å². The number of aliphatic imine (C=N–C) groups is 1. The van der Waals surface area contributed by atoms with Crippen LogP contribution in [-0.4, -0.2) is 53.0 Å². The SMILES string of the molecule is CN(C)CCCCC(=O)c1cccc(-c2[nH]c(O)c3c2C(=O)N=C3c2ccccc2)c1. The summed E-state index contributed by atoms with van der Waals surface area (Å²) in [6.45, 7) is 0.951. The highest BCUT2D eigenvalue weighted by Gasteiger charge is 2.33. The number of carbonyl (C=O) groups excluding carboxylic acids is 2. The Hall–Kier alpha value is -3.51. The quantitative estimate of drug-likeness (QED) is 0.424. The lowest BCUT2D eigenvalue weighted by molar-refractivity contribution is 0.0976. The van der Waals surface area contributed by atoms with Gasteiger partial charge in [0.1, 0.15) is 0 Å². The smallest absolute Gasteiger partial charge is 0.280 e. The van der Waals surface area contributed by atoms with E-state index in [9.17, 15) is 14.7 Å². The maximum Gasteiger partial charge on any atom is 0.280 e. The molecule has 0 radical (unpaired) electrons. The van der Waals surface area contributed by atoms with Crippen LogP contribution in [0.15, 0.2) is 59.6 Å². The summed E-state index contributed by atoms with van der Waals surface area (Å²) in [6, 6.07) is 16.5. The number of fused-ring (bicyclic) bond motifs is 1. The summed E-state index contributed by atoms with van der Waals surface area (Å²) in [5.74, 6) is -0.430. The number of carbonyl (C=O) groups is 2. The predicted molar refractivity (Wildman–Crippen MR) is 121 cm³/mol. The lowest BCUT2D eigenvalue weighted by Crippen LogP contribution is -2.13. The number of hydrogen-bond acceptors (Lipinski definition) is 4. The van der Waals surface area contributed by atoms with Crippen LogP contribution in [0.5, 0.6) is 5.88 Å². The van der Waals surface area contributed by atoms with E-state index >= 15 is 0 Å².